The highest BCUT2D eigenvalue weighted by atomic mass is 32.2. The van der Waals surface area contributed by atoms with Crippen molar-refractivity contribution in [3.63, 3.8) is 0 Å². The maximum atomic E-state index is 13.1. The fraction of sp³-hybridized carbons (Fsp3) is 0.286. The summed E-state index contributed by atoms with van der Waals surface area (Å²) in [6.07, 6.45) is 3.02. The van der Waals surface area contributed by atoms with E-state index in [1.54, 1.807) is 46.2 Å². The highest BCUT2D eigenvalue weighted by Crippen LogP contribution is 2.33. The van der Waals surface area contributed by atoms with Crippen LogP contribution in [0.25, 0.3) is 5.69 Å². The van der Waals surface area contributed by atoms with Crippen LogP contribution in [0.5, 0.6) is 11.5 Å². The molecule has 11 heteroatoms. The Morgan fingerprint density at radius 2 is 1.62 bits per heavy atom. The van der Waals surface area contributed by atoms with Gasteiger partial charge in [-0.2, -0.15) is 9.40 Å². The summed E-state index contributed by atoms with van der Waals surface area (Å²) >= 11 is 0. The molecule has 0 atom stereocenters. The van der Waals surface area contributed by atoms with Crippen LogP contribution in [0.2, 0.25) is 0 Å². The number of nitrogens with zero attached hydrogens (tertiary/aromatic N) is 5. The van der Waals surface area contributed by atoms with Crippen molar-refractivity contribution in [1.29, 1.82) is 0 Å². The molecule has 3 heterocycles. The number of piperazine rings is 1. The summed E-state index contributed by atoms with van der Waals surface area (Å²) in [6.45, 7) is 1.90. The molecule has 2 aliphatic rings. The van der Waals surface area contributed by atoms with E-state index in [1.165, 1.54) is 22.8 Å². The number of fused-ring (bicyclic) bond motifs is 1. The van der Waals surface area contributed by atoms with Gasteiger partial charge in [-0.15, -0.1) is 0 Å². The monoisotopic (exact) mass is 455 g/mol. The van der Waals surface area contributed by atoms with Crippen LogP contribution in [0.1, 0.15) is 10.4 Å². The minimum atomic E-state index is -3.70. The maximum Gasteiger partial charge on any atom is 0.253 e. The predicted molar refractivity (Wildman–Crippen MR) is 113 cm³/mol. The van der Waals surface area contributed by atoms with Crippen molar-refractivity contribution in [1.82, 2.24) is 24.0 Å². The van der Waals surface area contributed by atoms with Crippen molar-refractivity contribution >= 4 is 15.9 Å². The Kier molecular flexibility index (Phi) is 5.27. The van der Waals surface area contributed by atoms with Gasteiger partial charge in [-0.25, -0.2) is 18.1 Å². The van der Waals surface area contributed by atoms with E-state index < -0.39 is 10.0 Å². The molecule has 0 unspecified atom stereocenters. The van der Waals surface area contributed by atoms with Crippen LogP contribution >= 0.6 is 0 Å². The first-order valence-corrected chi connectivity index (χ1v) is 11.6. The van der Waals surface area contributed by atoms with Crippen molar-refractivity contribution < 1.29 is 22.7 Å². The van der Waals surface area contributed by atoms with Crippen LogP contribution < -0.4 is 9.47 Å². The van der Waals surface area contributed by atoms with E-state index in [9.17, 15) is 13.2 Å². The second kappa shape index (κ2) is 8.24. The van der Waals surface area contributed by atoms with Gasteiger partial charge in [-0.1, -0.05) is 0 Å². The minimum Gasteiger partial charge on any atom is -0.486 e. The molecule has 5 rings (SSSR count). The Labute approximate surface area is 185 Å². The van der Waals surface area contributed by atoms with Crippen LogP contribution in [0.3, 0.4) is 0 Å². The van der Waals surface area contributed by atoms with Gasteiger partial charge in [0.1, 0.15) is 25.9 Å². The second-order valence-electron chi connectivity index (χ2n) is 7.39. The normalized spacial score (nSPS) is 16.7. The number of sulfonamides is 1. The molecule has 2 aromatic carbocycles. The molecule has 2 aliphatic heterocycles. The number of carbonyl (C=O) groups is 1. The molecule has 0 spiro atoms. The first-order valence-electron chi connectivity index (χ1n) is 10.2. The molecular weight excluding hydrogens is 434 g/mol. The SMILES string of the molecule is O=C(c1ccc(-n2cncn2)cc1)N1CCN(S(=O)(=O)c2ccc3c(c2)OCCO3)CC1. The van der Waals surface area contributed by atoms with Gasteiger partial charge in [0.2, 0.25) is 10.0 Å². The first kappa shape index (κ1) is 20.5. The third-order valence-electron chi connectivity index (χ3n) is 5.47. The quantitative estimate of drug-likeness (QED) is 0.582. The zero-order chi connectivity index (χ0) is 22.1. The highest BCUT2D eigenvalue weighted by Gasteiger charge is 2.31. The lowest BCUT2D eigenvalue weighted by molar-refractivity contribution is 0.0698. The molecule has 166 valence electrons. The van der Waals surface area contributed by atoms with Gasteiger partial charge in [0.25, 0.3) is 5.91 Å². The summed E-state index contributed by atoms with van der Waals surface area (Å²) in [7, 11) is -3.70. The topological polar surface area (TPSA) is 107 Å². The van der Waals surface area contributed by atoms with Crippen LogP contribution in [0.4, 0.5) is 0 Å². The second-order valence-corrected chi connectivity index (χ2v) is 9.33. The summed E-state index contributed by atoms with van der Waals surface area (Å²) in [6, 6.07) is 11.7. The number of aromatic nitrogens is 3. The number of hydrogen-bond acceptors (Lipinski definition) is 7. The number of rotatable bonds is 4. The molecule has 0 bridgehead atoms. The van der Waals surface area contributed by atoms with E-state index in [-0.39, 0.29) is 23.9 Å². The number of amides is 1. The Balaban J connectivity index is 1.25. The molecule has 0 N–H and O–H groups in total. The molecular formula is C21H21N5O5S. The molecule has 1 aromatic heterocycles. The van der Waals surface area contributed by atoms with Crippen LogP contribution in [-0.4, -0.2) is 77.7 Å². The third kappa shape index (κ3) is 3.80. The van der Waals surface area contributed by atoms with Gasteiger partial charge in [0, 0.05) is 37.8 Å². The summed E-state index contributed by atoms with van der Waals surface area (Å²) in [5, 5.41) is 4.06. The molecule has 32 heavy (non-hydrogen) atoms. The van der Waals surface area contributed by atoms with Gasteiger partial charge >= 0.3 is 0 Å². The highest BCUT2D eigenvalue weighted by molar-refractivity contribution is 7.89. The Morgan fingerprint density at radius 1 is 0.906 bits per heavy atom. The Bertz CT molecular complexity index is 1220. The zero-order valence-corrected chi connectivity index (χ0v) is 17.9. The number of carbonyl (C=O) groups excluding carboxylic acids is 1. The summed E-state index contributed by atoms with van der Waals surface area (Å²) < 4.78 is 40.1. The van der Waals surface area contributed by atoms with E-state index in [2.05, 4.69) is 10.1 Å². The fourth-order valence-electron chi connectivity index (χ4n) is 3.75. The van der Waals surface area contributed by atoms with Gasteiger partial charge in [-0.3, -0.25) is 4.79 Å². The van der Waals surface area contributed by atoms with Gasteiger partial charge in [0.15, 0.2) is 11.5 Å². The molecule has 1 saturated heterocycles. The molecule has 3 aromatic rings. The molecule has 0 radical (unpaired) electrons. The largest absolute Gasteiger partial charge is 0.486 e. The summed E-state index contributed by atoms with van der Waals surface area (Å²) in [5.74, 6) is 0.840. The van der Waals surface area contributed by atoms with Gasteiger partial charge in [0.05, 0.1) is 10.6 Å². The van der Waals surface area contributed by atoms with Crippen molar-refractivity contribution in [3.8, 4) is 17.2 Å². The average Bonchev–Trinajstić information content (AvgIpc) is 3.38. The fourth-order valence-corrected chi connectivity index (χ4v) is 5.18. The lowest BCUT2D eigenvalue weighted by Crippen LogP contribution is -2.50. The molecule has 0 saturated carbocycles. The van der Waals surface area contributed by atoms with Crippen molar-refractivity contribution in [3.05, 3.63) is 60.7 Å². The lowest BCUT2D eigenvalue weighted by Gasteiger charge is -2.34. The first-order chi connectivity index (χ1) is 15.5. The van der Waals surface area contributed by atoms with Gasteiger partial charge in [-0.05, 0) is 36.4 Å². The van der Waals surface area contributed by atoms with Crippen molar-refractivity contribution in [2.45, 2.75) is 4.90 Å². The molecule has 1 fully saturated rings. The summed E-state index contributed by atoms with van der Waals surface area (Å²) in [4.78, 5) is 18.6. The Hall–Kier alpha value is -3.44. The Morgan fingerprint density at radius 3 is 2.31 bits per heavy atom. The molecule has 0 aliphatic carbocycles. The standard InChI is InChI=1S/C21H21N5O5S/c27-21(16-1-3-17(4-2-16)26-15-22-14-23-26)24-7-9-25(10-8-24)32(28,29)18-5-6-19-20(13-18)31-12-11-30-19/h1-6,13-15H,7-12H2. The predicted octanol–water partition coefficient (Wildman–Crippen LogP) is 1.19. The van der Waals surface area contributed by atoms with Crippen LogP contribution in [0.15, 0.2) is 60.0 Å². The van der Waals surface area contributed by atoms with Gasteiger partial charge < -0.3 is 14.4 Å². The van der Waals surface area contributed by atoms with E-state index >= 15 is 0 Å². The molecule has 10 nitrogen and oxygen atoms in total. The third-order valence-corrected chi connectivity index (χ3v) is 7.37. The number of hydrogen-bond donors (Lipinski definition) is 0. The van der Waals surface area contributed by atoms with Crippen LogP contribution in [0, 0.1) is 0 Å². The number of benzene rings is 2. The zero-order valence-electron chi connectivity index (χ0n) is 17.1. The smallest absolute Gasteiger partial charge is 0.253 e. The minimum absolute atomic E-state index is 0.133. The van der Waals surface area contributed by atoms with Crippen LogP contribution in [-0.2, 0) is 10.0 Å². The van der Waals surface area contributed by atoms with Crippen molar-refractivity contribution in [2.24, 2.45) is 0 Å². The average molecular weight is 455 g/mol. The molecule has 1 amide bonds. The maximum absolute atomic E-state index is 13.1. The lowest BCUT2D eigenvalue weighted by atomic mass is 10.1. The van der Waals surface area contributed by atoms with E-state index in [4.69, 9.17) is 9.47 Å². The number of ether oxygens (including phenoxy) is 2. The summed E-state index contributed by atoms with van der Waals surface area (Å²) in [5.41, 5.74) is 1.34. The van der Waals surface area contributed by atoms with E-state index in [0.717, 1.165) is 5.69 Å². The van der Waals surface area contributed by atoms with E-state index in [0.29, 0.717) is 43.4 Å². The van der Waals surface area contributed by atoms with Crippen molar-refractivity contribution in [2.75, 3.05) is 39.4 Å². The van der Waals surface area contributed by atoms with E-state index in [1.807, 2.05) is 0 Å².